The van der Waals surface area contributed by atoms with E-state index in [1.807, 2.05) is 0 Å². The standard InChI is InChI=1S/C15H12ClN3O2/c16-11-6-13-7(4-14(20)19-13)3-10(11)15(21)9-2-1-8(17)5-12(9)18/h1-3,5-6H,4,17-18H2,(H,19,20). The minimum absolute atomic E-state index is 0.113. The summed E-state index contributed by atoms with van der Waals surface area (Å²) in [6.45, 7) is 0. The van der Waals surface area contributed by atoms with Crippen molar-refractivity contribution in [3.05, 3.63) is 52.0 Å². The molecule has 5 nitrogen and oxygen atoms in total. The Morgan fingerprint density at radius 3 is 2.62 bits per heavy atom. The van der Waals surface area contributed by atoms with Crippen LogP contribution in [0.4, 0.5) is 17.1 Å². The molecule has 0 atom stereocenters. The minimum Gasteiger partial charge on any atom is -0.399 e. The Bertz CT molecular complexity index is 787. The number of nitrogens with two attached hydrogens (primary N) is 2. The predicted octanol–water partition coefficient (Wildman–Crippen LogP) is 2.23. The second kappa shape index (κ2) is 4.79. The molecule has 1 heterocycles. The fourth-order valence-electron chi connectivity index (χ4n) is 2.36. The van der Waals surface area contributed by atoms with Crippen LogP contribution in [0, 0.1) is 0 Å². The molecule has 3 rings (SSSR count). The maximum absolute atomic E-state index is 12.6. The molecule has 2 aromatic rings. The summed E-state index contributed by atoms with van der Waals surface area (Å²) in [7, 11) is 0. The Hall–Kier alpha value is -2.53. The molecule has 0 aliphatic carbocycles. The molecule has 0 aromatic heterocycles. The largest absolute Gasteiger partial charge is 0.399 e. The van der Waals surface area contributed by atoms with E-state index in [1.54, 1.807) is 24.3 Å². The van der Waals surface area contributed by atoms with Gasteiger partial charge in [0.05, 0.1) is 11.4 Å². The van der Waals surface area contributed by atoms with Gasteiger partial charge in [0.25, 0.3) is 0 Å². The number of carbonyl (C=O) groups is 2. The van der Waals surface area contributed by atoms with Crippen LogP contribution in [0.5, 0.6) is 0 Å². The molecule has 0 saturated carbocycles. The number of fused-ring (bicyclic) bond motifs is 1. The topological polar surface area (TPSA) is 98.2 Å². The van der Waals surface area contributed by atoms with E-state index in [1.165, 1.54) is 6.07 Å². The first-order chi connectivity index (χ1) is 9.95. The molecule has 21 heavy (non-hydrogen) atoms. The zero-order valence-corrected chi connectivity index (χ0v) is 11.7. The summed E-state index contributed by atoms with van der Waals surface area (Å²) in [6, 6.07) is 7.92. The van der Waals surface area contributed by atoms with Crippen LogP contribution < -0.4 is 16.8 Å². The fraction of sp³-hybridized carbons (Fsp3) is 0.0667. The number of hydrogen-bond donors (Lipinski definition) is 3. The highest BCUT2D eigenvalue weighted by Crippen LogP contribution is 2.32. The highest BCUT2D eigenvalue weighted by Gasteiger charge is 2.23. The van der Waals surface area contributed by atoms with Gasteiger partial charge in [-0.1, -0.05) is 11.6 Å². The second-order valence-corrected chi connectivity index (χ2v) is 5.30. The van der Waals surface area contributed by atoms with E-state index in [0.29, 0.717) is 28.2 Å². The first-order valence-corrected chi connectivity index (χ1v) is 6.65. The van der Waals surface area contributed by atoms with Crippen molar-refractivity contribution in [1.82, 2.24) is 0 Å². The number of nitrogen functional groups attached to an aromatic ring is 2. The van der Waals surface area contributed by atoms with Gasteiger partial charge in [0.1, 0.15) is 0 Å². The first-order valence-electron chi connectivity index (χ1n) is 6.27. The van der Waals surface area contributed by atoms with Crippen LogP contribution >= 0.6 is 11.6 Å². The van der Waals surface area contributed by atoms with Gasteiger partial charge < -0.3 is 16.8 Å². The van der Waals surface area contributed by atoms with Gasteiger partial charge in [0.2, 0.25) is 5.91 Å². The number of hydrogen-bond acceptors (Lipinski definition) is 4. The Labute approximate surface area is 125 Å². The van der Waals surface area contributed by atoms with Gasteiger partial charge in [-0.25, -0.2) is 0 Å². The second-order valence-electron chi connectivity index (χ2n) is 4.89. The van der Waals surface area contributed by atoms with E-state index in [9.17, 15) is 9.59 Å². The van der Waals surface area contributed by atoms with Crippen LogP contribution in [0.3, 0.4) is 0 Å². The van der Waals surface area contributed by atoms with Gasteiger partial charge >= 0.3 is 0 Å². The molecule has 0 unspecified atom stereocenters. The highest BCUT2D eigenvalue weighted by atomic mass is 35.5. The lowest BCUT2D eigenvalue weighted by atomic mass is 9.98. The summed E-state index contributed by atoms with van der Waals surface area (Å²) >= 11 is 6.15. The average molecular weight is 302 g/mol. The molecule has 2 aromatic carbocycles. The van der Waals surface area contributed by atoms with Crippen LogP contribution in [0.15, 0.2) is 30.3 Å². The maximum Gasteiger partial charge on any atom is 0.228 e. The van der Waals surface area contributed by atoms with Gasteiger partial charge in [-0.05, 0) is 35.9 Å². The van der Waals surface area contributed by atoms with Crippen molar-refractivity contribution in [1.29, 1.82) is 0 Å². The van der Waals surface area contributed by atoms with Crippen LogP contribution in [-0.4, -0.2) is 11.7 Å². The normalized spacial score (nSPS) is 12.9. The summed E-state index contributed by atoms with van der Waals surface area (Å²) in [5, 5.41) is 2.96. The zero-order chi connectivity index (χ0) is 15.1. The van der Waals surface area contributed by atoms with Gasteiger partial charge in [-0.2, -0.15) is 0 Å². The summed E-state index contributed by atoms with van der Waals surface area (Å²) in [6.07, 6.45) is 0.240. The third-order valence-corrected chi connectivity index (χ3v) is 3.70. The SMILES string of the molecule is Nc1ccc(C(=O)c2cc3c(cc2Cl)NC(=O)C3)c(N)c1. The molecule has 1 amide bonds. The quantitative estimate of drug-likeness (QED) is 0.585. The Morgan fingerprint density at radius 1 is 1.14 bits per heavy atom. The first kappa shape index (κ1) is 13.5. The lowest BCUT2D eigenvalue weighted by Crippen LogP contribution is -2.07. The van der Waals surface area contributed by atoms with Gasteiger partial charge in [-0.15, -0.1) is 0 Å². The molecule has 0 bridgehead atoms. The third kappa shape index (κ3) is 2.32. The van der Waals surface area contributed by atoms with E-state index in [2.05, 4.69) is 5.32 Å². The lowest BCUT2D eigenvalue weighted by molar-refractivity contribution is -0.115. The Morgan fingerprint density at radius 2 is 1.90 bits per heavy atom. The number of rotatable bonds is 2. The van der Waals surface area contributed by atoms with Crippen LogP contribution in [-0.2, 0) is 11.2 Å². The highest BCUT2D eigenvalue weighted by molar-refractivity contribution is 6.35. The molecule has 1 aliphatic rings. The molecule has 106 valence electrons. The van der Waals surface area contributed by atoms with E-state index in [-0.39, 0.29) is 23.1 Å². The average Bonchev–Trinajstić information content (AvgIpc) is 2.76. The molecule has 0 spiro atoms. The number of anilines is 3. The summed E-state index contributed by atoms with van der Waals surface area (Å²) < 4.78 is 0. The van der Waals surface area contributed by atoms with Gasteiger partial charge in [0, 0.05) is 28.2 Å². The molecule has 0 saturated heterocycles. The van der Waals surface area contributed by atoms with Crippen molar-refractivity contribution in [2.45, 2.75) is 6.42 Å². The lowest BCUT2D eigenvalue weighted by Gasteiger charge is -2.09. The van der Waals surface area contributed by atoms with Crippen molar-refractivity contribution < 1.29 is 9.59 Å². The maximum atomic E-state index is 12.6. The van der Waals surface area contributed by atoms with Crippen molar-refractivity contribution >= 4 is 40.4 Å². The van der Waals surface area contributed by atoms with Crippen molar-refractivity contribution in [2.24, 2.45) is 0 Å². The van der Waals surface area contributed by atoms with Gasteiger partial charge in [-0.3, -0.25) is 9.59 Å². The van der Waals surface area contributed by atoms with E-state index >= 15 is 0 Å². The van der Waals surface area contributed by atoms with E-state index in [4.69, 9.17) is 23.1 Å². The Balaban J connectivity index is 2.06. The third-order valence-electron chi connectivity index (χ3n) is 3.38. The monoisotopic (exact) mass is 301 g/mol. The number of nitrogens with one attached hydrogen (secondary N) is 1. The zero-order valence-electron chi connectivity index (χ0n) is 10.9. The molecular weight excluding hydrogens is 290 g/mol. The minimum atomic E-state index is -0.292. The number of benzene rings is 2. The number of halogens is 1. The molecule has 1 aliphatic heterocycles. The molecular formula is C15H12ClN3O2. The van der Waals surface area contributed by atoms with Crippen molar-refractivity contribution in [3.8, 4) is 0 Å². The fourth-order valence-corrected chi connectivity index (χ4v) is 2.60. The number of carbonyl (C=O) groups excluding carboxylic acids is 2. The van der Waals surface area contributed by atoms with Crippen LogP contribution in [0.2, 0.25) is 5.02 Å². The van der Waals surface area contributed by atoms with E-state index in [0.717, 1.165) is 5.56 Å². The Kier molecular flexibility index (Phi) is 3.07. The van der Waals surface area contributed by atoms with E-state index < -0.39 is 0 Å². The molecule has 0 fully saturated rings. The number of amides is 1. The summed E-state index contributed by atoms with van der Waals surface area (Å²) in [5.74, 6) is -0.405. The van der Waals surface area contributed by atoms with Crippen LogP contribution in [0.1, 0.15) is 21.5 Å². The van der Waals surface area contributed by atoms with Gasteiger partial charge in [0.15, 0.2) is 5.78 Å². The predicted molar refractivity (Wildman–Crippen MR) is 82.5 cm³/mol. The van der Waals surface area contributed by atoms with Crippen molar-refractivity contribution in [3.63, 3.8) is 0 Å². The molecule has 5 N–H and O–H groups in total. The smallest absolute Gasteiger partial charge is 0.228 e. The summed E-state index contributed by atoms with van der Waals surface area (Å²) in [5.41, 5.74) is 14.3. The summed E-state index contributed by atoms with van der Waals surface area (Å²) in [4.78, 5) is 24.0. The molecule has 6 heteroatoms. The molecule has 0 radical (unpaired) electrons. The number of ketones is 1. The van der Waals surface area contributed by atoms with Crippen molar-refractivity contribution in [2.75, 3.05) is 16.8 Å². The van der Waals surface area contributed by atoms with Crippen LogP contribution in [0.25, 0.3) is 0 Å².